The minimum atomic E-state index is -0.247. The predicted octanol–water partition coefficient (Wildman–Crippen LogP) is 5.00. The first-order valence-corrected chi connectivity index (χ1v) is 11.3. The Labute approximate surface area is 181 Å². The molecule has 0 atom stereocenters. The lowest BCUT2D eigenvalue weighted by atomic mass is 10.1. The van der Waals surface area contributed by atoms with Gasteiger partial charge >= 0.3 is 0 Å². The highest BCUT2D eigenvalue weighted by Gasteiger charge is 2.19. The fourth-order valence-electron chi connectivity index (χ4n) is 3.83. The summed E-state index contributed by atoms with van der Waals surface area (Å²) in [5.74, 6) is 2.23. The molecule has 0 bridgehead atoms. The maximum atomic E-state index is 13.5. The Bertz CT molecular complexity index is 983. The van der Waals surface area contributed by atoms with Crippen LogP contribution in [0.3, 0.4) is 0 Å². The summed E-state index contributed by atoms with van der Waals surface area (Å²) in [6, 6.07) is 12.7. The number of benzene rings is 2. The molecule has 2 aromatic carbocycles. The molecule has 3 aromatic rings. The van der Waals surface area contributed by atoms with Crippen molar-refractivity contribution in [1.82, 2.24) is 19.7 Å². The number of hydrogen-bond acceptors (Lipinski definition) is 5. The van der Waals surface area contributed by atoms with E-state index in [4.69, 9.17) is 4.74 Å². The van der Waals surface area contributed by atoms with Gasteiger partial charge in [0.05, 0.1) is 13.7 Å². The quantitative estimate of drug-likeness (QED) is 0.497. The number of hydrogen-bond donors (Lipinski definition) is 0. The standard InChI is InChI=1S/C23H27FN4OS/c1-17-6-11-21(29-2)18(14-17)16-30-23-26-25-22(15-27-12-4-3-5-13-27)28(23)20-9-7-19(24)8-10-20/h6-11,14H,3-5,12-13,15-16H2,1-2H3. The van der Waals surface area contributed by atoms with E-state index in [1.807, 2.05) is 12.1 Å². The van der Waals surface area contributed by atoms with Crippen molar-refractivity contribution in [1.29, 1.82) is 0 Å². The van der Waals surface area contributed by atoms with Crippen LogP contribution >= 0.6 is 11.8 Å². The third kappa shape index (κ3) is 4.84. The average molecular weight is 427 g/mol. The van der Waals surface area contributed by atoms with E-state index in [9.17, 15) is 4.39 Å². The highest BCUT2D eigenvalue weighted by Crippen LogP contribution is 2.30. The summed E-state index contributed by atoms with van der Waals surface area (Å²) in [7, 11) is 1.69. The SMILES string of the molecule is COc1ccc(C)cc1CSc1nnc(CN2CCCCC2)n1-c1ccc(F)cc1. The van der Waals surface area contributed by atoms with Crippen LogP contribution < -0.4 is 4.74 Å². The number of thioether (sulfide) groups is 1. The number of aryl methyl sites for hydroxylation is 1. The molecule has 7 heteroatoms. The molecule has 30 heavy (non-hydrogen) atoms. The second kappa shape index (κ2) is 9.62. The highest BCUT2D eigenvalue weighted by molar-refractivity contribution is 7.98. The summed E-state index contributed by atoms with van der Waals surface area (Å²) in [5.41, 5.74) is 3.19. The smallest absolute Gasteiger partial charge is 0.196 e. The van der Waals surface area contributed by atoms with E-state index in [-0.39, 0.29) is 5.82 Å². The Morgan fingerprint density at radius 3 is 2.53 bits per heavy atom. The molecule has 1 fully saturated rings. The van der Waals surface area contributed by atoms with Gasteiger partial charge in [-0.15, -0.1) is 10.2 Å². The molecule has 0 N–H and O–H groups in total. The lowest BCUT2D eigenvalue weighted by Crippen LogP contribution is -2.30. The van der Waals surface area contributed by atoms with Crippen molar-refractivity contribution < 1.29 is 9.13 Å². The van der Waals surface area contributed by atoms with E-state index in [1.54, 1.807) is 31.0 Å². The molecule has 1 aromatic heterocycles. The molecule has 1 saturated heterocycles. The Morgan fingerprint density at radius 1 is 1.03 bits per heavy atom. The molecule has 0 aliphatic carbocycles. The number of ether oxygens (including phenoxy) is 1. The van der Waals surface area contributed by atoms with Crippen LogP contribution in [0.1, 0.15) is 36.2 Å². The Morgan fingerprint density at radius 2 is 1.80 bits per heavy atom. The first kappa shape index (κ1) is 20.9. The van der Waals surface area contributed by atoms with Crippen LogP contribution in [0.25, 0.3) is 5.69 Å². The van der Waals surface area contributed by atoms with Crippen LogP contribution in [-0.4, -0.2) is 39.9 Å². The van der Waals surface area contributed by atoms with Crippen LogP contribution in [0.5, 0.6) is 5.75 Å². The van der Waals surface area contributed by atoms with Crippen LogP contribution in [0.2, 0.25) is 0 Å². The van der Waals surface area contributed by atoms with E-state index < -0.39 is 0 Å². The van der Waals surface area contributed by atoms with Crippen molar-refractivity contribution >= 4 is 11.8 Å². The van der Waals surface area contributed by atoms with Gasteiger partial charge in [0.2, 0.25) is 0 Å². The van der Waals surface area contributed by atoms with E-state index in [0.717, 1.165) is 47.6 Å². The molecule has 0 spiro atoms. The van der Waals surface area contributed by atoms with Crippen LogP contribution in [0, 0.1) is 12.7 Å². The number of nitrogens with zero attached hydrogens (tertiary/aromatic N) is 4. The Balaban J connectivity index is 1.62. The zero-order valence-corrected chi connectivity index (χ0v) is 18.3. The number of aromatic nitrogens is 3. The van der Waals surface area contributed by atoms with E-state index in [1.165, 1.54) is 37.0 Å². The molecular formula is C23H27FN4OS. The van der Waals surface area contributed by atoms with Crippen molar-refractivity contribution in [2.24, 2.45) is 0 Å². The average Bonchev–Trinajstić information content (AvgIpc) is 3.16. The first-order chi connectivity index (χ1) is 14.6. The molecule has 0 saturated carbocycles. The molecule has 1 aliphatic rings. The van der Waals surface area contributed by atoms with Crippen molar-refractivity contribution in [3.63, 3.8) is 0 Å². The minimum Gasteiger partial charge on any atom is -0.496 e. The summed E-state index contributed by atoms with van der Waals surface area (Å²) >= 11 is 1.62. The number of halogens is 1. The fourth-order valence-corrected chi connectivity index (χ4v) is 4.77. The third-order valence-corrected chi connectivity index (χ3v) is 6.37. The maximum Gasteiger partial charge on any atom is 0.196 e. The third-order valence-electron chi connectivity index (χ3n) is 5.39. The molecule has 5 nitrogen and oxygen atoms in total. The zero-order chi connectivity index (χ0) is 20.9. The van der Waals surface area contributed by atoms with Crippen LogP contribution in [-0.2, 0) is 12.3 Å². The van der Waals surface area contributed by atoms with Gasteiger partial charge in [-0.3, -0.25) is 9.47 Å². The molecule has 2 heterocycles. The number of rotatable bonds is 7. The lowest BCUT2D eigenvalue weighted by Gasteiger charge is -2.26. The minimum absolute atomic E-state index is 0.247. The number of methoxy groups -OCH3 is 1. The van der Waals surface area contributed by atoms with Crippen molar-refractivity contribution in [2.75, 3.05) is 20.2 Å². The first-order valence-electron chi connectivity index (χ1n) is 10.3. The lowest BCUT2D eigenvalue weighted by molar-refractivity contribution is 0.214. The summed E-state index contributed by atoms with van der Waals surface area (Å²) in [4.78, 5) is 2.42. The summed E-state index contributed by atoms with van der Waals surface area (Å²) in [6.45, 7) is 4.99. The second-order valence-electron chi connectivity index (χ2n) is 7.65. The normalized spacial score (nSPS) is 14.8. The largest absolute Gasteiger partial charge is 0.496 e. The molecule has 0 amide bonds. The van der Waals surface area contributed by atoms with Crippen molar-refractivity contribution in [2.45, 2.75) is 43.6 Å². The molecule has 0 radical (unpaired) electrons. The monoisotopic (exact) mass is 426 g/mol. The van der Waals surface area contributed by atoms with Gasteiger partial charge < -0.3 is 4.74 Å². The van der Waals surface area contributed by atoms with Gasteiger partial charge in [-0.25, -0.2) is 4.39 Å². The van der Waals surface area contributed by atoms with Gasteiger partial charge in [-0.05, 0) is 63.2 Å². The molecule has 158 valence electrons. The Kier molecular flexibility index (Phi) is 6.69. The molecule has 0 unspecified atom stereocenters. The maximum absolute atomic E-state index is 13.5. The van der Waals surface area contributed by atoms with Gasteiger partial charge in [0.15, 0.2) is 11.0 Å². The van der Waals surface area contributed by atoms with Crippen LogP contribution in [0.15, 0.2) is 47.6 Å². The van der Waals surface area contributed by atoms with E-state index >= 15 is 0 Å². The van der Waals surface area contributed by atoms with Gasteiger partial charge in [0.25, 0.3) is 0 Å². The fraction of sp³-hybridized carbons (Fsp3) is 0.391. The molecule has 4 rings (SSSR count). The Hall–Kier alpha value is -2.38. The second-order valence-corrected chi connectivity index (χ2v) is 8.59. The summed E-state index contributed by atoms with van der Waals surface area (Å²) in [5, 5.41) is 9.80. The predicted molar refractivity (Wildman–Crippen MR) is 118 cm³/mol. The van der Waals surface area contributed by atoms with Crippen molar-refractivity contribution in [3.8, 4) is 11.4 Å². The van der Waals surface area contributed by atoms with Gasteiger partial charge in [-0.1, -0.05) is 35.9 Å². The van der Waals surface area contributed by atoms with Crippen molar-refractivity contribution in [3.05, 3.63) is 65.2 Å². The van der Waals surface area contributed by atoms with Gasteiger partial charge in [0, 0.05) is 17.0 Å². The molecule has 1 aliphatic heterocycles. The summed E-state index contributed by atoms with van der Waals surface area (Å²) in [6.07, 6.45) is 3.74. The number of piperidine rings is 1. The summed E-state index contributed by atoms with van der Waals surface area (Å²) < 4.78 is 21.1. The van der Waals surface area contributed by atoms with Gasteiger partial charge in [-0.2, -0.15) is 0 Å². The highest BCUT2D eigenvalue weighted by atomic mass is 32.2. The van der Waals surface area contributed by atoms with Crippen LogP contribution in [0.4, 0.5) is 4.39 Å². The zero-order valence-electron chi connectivity index (χ0n) is 17.5. The molecular weight excluding hydrogens is 399 g/mol. The van der Waals surface area contributed by atoms with E-state index in [0.29, 0.717) is 5.75 Å². The topological polar surface area (TPSA) is 43.2 Å². The van der Waals surface area contributed by atoms with Gasteiger partial charge in [0.1, 0.15) is 11.6 Å². The van der Waals surface area contributed by atoms with E-state index in [2.05, 4.69) is 32.7 Å². The number of likely N-dealkylation sites (tertiary alicyclic amines) is 1.